The van der Waals surface area contributed by atoms with Gasteiger partial charge in [0.05, 0.1) is 0 Å². The number of nitrogens with zero attached hydrogens (tertiary/aromatic N) is 2. The summed E-state index contributed by atoms with van der Waals surface area (Å²) in [5.74, 6) is 1.70. The number of piperidine rings is 1. The van der Waals surface area contributed by atoms with Gasteiger partial charge in [-0.2, -0.15) is 0 Å². The number of nitrogens with one attached hydrogen (secondary N) is 1. The summed E-state index contributed by atoms with van der Waals surface area (Å²) in [5, 5.41) is 3.53. The molecule has 0 radical (unpaired) electrons. The fourth-order valence-corrected chi connectivity index (χ4v) is 2.90. The monoisotopic (exact) mass is 255 g/mol. The van der Waals surface area contributed by atoms with Gasteiger partial charge in [-0.25, -0.2) is 0 Å². The molecule has 0 bridgehead atoms. The highest BCUT2D eigenvalue weighted by Gasteiger charge is 2.20. The van der Waals surface area contributed by atoms with Gasteiger partial charge in [-0.3, -0.25) is 0 Å². The Morgan fingerprint density at radius 1 is 1.28 bits per heavy atom. The van der Waals surface area contributed by atoms with Crippen molar-refractivity contribution in [2.45, 2.75) is 33.1 Å². The van der Waals surface area contributed by atoms with E-state index in [4.69, 9.17) is 0 Å². The van der Waals surface area contributed by atoms with E-state index in [9.17, 15) is 0 Å². The van der Waals surface area contributed by atoms with Gasteiger partial charge in [0.25, 0.3) is 0 Å². The van der Waals surface area contributed by atoms with Gasteiger partial charge in [-0.05, 0) is 71.4 Å². The molecule has 0 amide bonds. The largest absolute Gasteiger partial charge is 0.316 e. The lowest BCUT2D eigenvalue weighted by atomic mass is 9.95. The third kappa shape index (κ3) is 6.72. The summed E-state index contributed by atoms with van der Waals surface area (Å²) >= 11 is 0. The van der Waals surface area contributed by atoms with E-state index in [2.05, 4.69) is 43.1 Å². The average Bonchev–Trinajstić information content (AvgIpc) is 2.31. The molecule has 3 nitrogen and oxygen atoms in total. The molecule has 0 aromatic heterocycles. The van der Waals surface area contributed by atoms with Crippen molar-refractivity contribution in [3.63, 3.8) is 0 Å². The summed E-state index contributed by atoms with van der Waals surface area (Å²) in [5.41, 5.74) is 0. The third-order valence-electron chi connectivity index (χ3n) is 3.82. The molecule has 0 aromatic rings. The quantitative estimate of drug-likeness (QED) is 0.668. The molecule has 18 heavy (non-hydrogen) atoms. The first kappa shape index (κ1) is 15.9. The van der Waals surface area contributed by atoms with Crippen molar-refractivity contribution in [1.82, 2.24) is 15.1 Å². The lowest BCUT2D eigenvalue weighted by molar-refractivity contribution is 0.146. The van der Waals surface area contributed by atoms with Crippen LogP contribution in [0.5, 0.6) is 0 Å². The first-order chi connectivity index (χ1) is 8.61. The van der Waals surface area contributed by atoms with Crippen molar-refractivity contribution in [1.29, 1.82) is 0 Å². The van der Waals surface area contributed by atoms with E-state index in [1.165, 1.54) is 52.0 Å². The highest BCUT2D eigenvalue weighted by molar-refractivity contribution is 4.75. The Morgan fingerprint density at radius 2 is 1.94 bits per heavy atom. The fraction of sp³-hybridized carbons (Fsp3) is 1.00. The molecule has 1 heterocycles. The van der Waals surface area contributed by atoms with E-state index in [0.29, 0.717) is 0 Å². The van der Waals surface area contributed by atoms with Crippen LogP contribution < -0.4 is 5.32 Å². The zero-order valence-corrected chi connectivity index (χ0v) is 12.9. The normalized spacial score (nSPS) is 20.5. The summed E-state index contributed by atoms with van der Waals surface area (Å²) in [7, 11) is 4.38. The SMILES string of the molecule is CCCNCC(C)CN1CCC(CN(C)C)CC1. The predicted molar refractivity (Wildman–Crippen MR) is 80.0 cm³/mol. The molecule has 0 spiro atoms. The molecule has 1 unspecified atom stereocenters. The van der Waals surface area contributed by atoms with E-state index in [-0.39, 0.29) is 0 Å². The second-order valence-corrected chi connectivity index (χ2v) is 6.32. The molecular formula is C15H33N3. The minimum atomic E-state index is 0.780. The van der Waals surface area contributed by atoms with Gasteiger partial charge in [0.15, 0.2) is 0 Å². The van der Waals surface area contributed by atoms with Crippen LogP contribution in [0.3, 0.4) is 0 Å². The van der Waals surface area contributed by atoms with Crippen molar-refractivity contribution in [2.24, 2.45) is 11.8 Å². The van der Waals surface area contributed by atoms with Crippen molar-refractivity contribution >= 4 is 0 Å². The number of rotatable bonds is 8. The zero-order chi connectivity index (χ0) is 13.4. The molecule has 0 aliphatic carbocycles. The van der Waals surface area contributed by atoms with Crippen LogP contribution >= 0.6 is 0 Å². The summed E-state index contributed by atoms with van der Waals surface area (Å²) < 4.78 is 0. The Labute approximate surface area is 114 Å². The van der Waals surface area contributed by atoms with Gasteiger partial charge in [0.2, 0.25) is 0 Å². The molecule has 1 fully saturated rings. The van der Waals surface area contributed by atoms with Crippen LogP contribution in [-0.2, 0) is 0 Å². The standard InChI is InChI=1S/C15H33N3/c1-5-8-16-11-14(2)12-18-9-6-15(7-10-18)13-17(3)4/h14-16H,5-13H2,1-4H3. The van der Waals surface area contributed by atoms with Crippen LogP contribution in [-0.4, -0.2) is 63.2 Å². The van der Waals surface area contributed by atoms with Gasteiger partial charge in [-0.1, -0.05) is 13.8 Å². The van der Waals surface area contributed by atoms with Crippen LogP contribution in [0.15, 0.2) is 0 Å². The molecule has 1 atom stereocenters. The van der Waals surface area contributed by atoms with Crippen molar-refractivity contribution in [2.75, 3.05) is 53.4 Å². The second kappa shape index (κ2) is 8.89. The predicted octanol–water partition coefficient (Wildman–Crippen LogP) is 1.90. The molecule has 1 rings (SSSR count). The fourth-order valence-electron chi connectivity index (χ4n) is 2.90. The summed E-state index contributed by atoms with van der Waals surface area (Å²) in [6, 6.07) is 0. The number of hydrogen-bond donors (Lipinski definition) is 1. The highest BCUT2D eigenvalue weighted by Crippen LogP contribution is 2.18. The van der Waals surface area contributed by atoms with Gasteiger partial charge < -0.3 is 15.1 Å². The summed E-state index contributed by atoms with van der Waals surface area (Å²) in [4.78, 5) is 4.99. The highest BCUT2D eigenvalue weighted by atomic mass is 15.1. The van der Waals surface area contributed by atoms with Gasteiger partial charge in [0.1, 0.15) is 0 Å². The Bertz CT molecular complexity index is 198. The topological polar surface area (TPSA) is 18.5 Å². The lowest BCUT2D eigenvalue weighted by Gasteiger charge is -2.34. The molecule has 1 aliphatic heterocycles. The summed E-state index contributed by atoms with van der Waals surface area (Å²) in [6.45, 7) is 12.1. The van der Waals surface area contributed by atoms with Crippen LogP contribution in [0.4, 0.5) is 0 Å². The van der Waals surface area contributed by atoms with E-state index < -0.39 is 0 Å². The van der Waals surface area contributed by atoms with Gasteiger partial charge in [-0.15, -0.1) is 0 Å². The molecule has 108 valence electrons. The summed E-state index contributed by atoms with van der Waals surface area (Å²) in [6.07, 6.45) is 4.00. The van der Waals surface area contributed by atoms with E-state index >= 15 is 0 Å². The molecule has 0 saturated carbocycles. The zero-order valence-electron chi connectivity index (χ0n) is 12.9. The first-order valence-electron chi connectivity index (χ1n) is 7.69. The molecule has 1 N–H and O–H groups in total. The van der Waals surface area contributed by atoms with Crippen LogP contribution in [0.25, 0.3) is 0 Å². The van der Waals surface area contributed by atoms with Crippen LogP contribution in [0.2, 0.25) is 0 Å². The first-order valence-corrected chi connectivity index (χ1v) is 7.69. The molecule has 1 aliphatic rings. The van der Waals surface area contributed by atoms with Gasteiger partial charge >= 0.3 is 0 Å². The molecule has 3 heteroatoms. The molecule has 1 saturated heterocycles. The lowest BCUT2D eigenvalue weighted by Crippen LogP contribution is -2.40. The maximum atomic E-state index is 3.53. The Balaban J connectivity index is 2.11. The smallest absolute Gasteiger partial charge is 0.00191 e. The number of hydrogen-bond acceptors (Lipinski definition) is 3. The second-order valence-electron chi connectivity index (χ2n) is 6.32. The maximum Gasteiger partial charge on any atom is 0.00191 e. The Hall–Kier alpha value is -0.120. The van der Waals surface area contributed by atoms with Crippen molar-refractivity contribution in [3.8, 4) is 0 Å². The van der Waals surface area contributed by atoms with E-state index in [1.807, 2.05) is 0 Å². The van der Waals surface area contributed by atoms with Crippen molar-refractivity contribution < 1.29 is 0 Å². The molecular weight excluding hydrogens is 222 g/mol. The van der Waals surface area contributed by atoms with Crippen molar-refractivity contribution in [3.05, 3.63) is 0 Å². The van der Waals surface area contributed by atoms with E-state index in [0.717, 1.165) is 18.4 Å². The number of likely N-dealkylation sites (tertiary alicyclic amines) is 1. The van der Waals surface area contributed by atoms with Crippen LogP contribution in [0.1, 0.15) is 33.1 Å². The maximum absolute atomic E-state index is 3.53. The Morgan fingerprint density at radius 3 is 2.50 bits per heavy atom. The van der Waals surface area contributed by atoms with E-state index in [1.54, 1.807) is 0 Å². The average molecular weight is 255 g/mol. The van der Waals surface area contributed by atoms with Gasteiger partial charge in [0, 0.05) is 13.1 Å². The minimum absolute atomic E-state index is 0.780. The minimum Gasteiger partial charge on any atom is -0.316 e. The Kier molecular flexibility index (Phi) is 7.87. The third-order valence-corrected chi connectivity index (χ3v) is 3.82. The molecule has 0 aromatic carbocycles. The van der Waals surface area contributed by atoms with Crippen LogP contribution in [0, 0.1) is 11.8 Å².